The standard InChI is InChI=1S/C13H27NO2/c1-10(2)6-7-11(3)14-8-12-9-15-13(4,5)16-12/h10-12,14H,6-9H2,1-5H3. The topological polar surface area (TPSA) is 30.5 Å². The van der Waals surface area contributed by atoms with Crippen molar-refractivity contribution in [2.75, 3.05) is 13.2 Å². The second kappa shape index (κ2) is 5.99. The molecule has 1 aliphatic heterocycles. The lowest BCUT2D eigenvalue weighted by molar-refractivity contribution is -0.137. The molecule has 16 heavy (non-hydrogen) atoms. The van der Waals surface area contributed by atoms with Crippen molar-refractivity contribution in [3.05, 3.63) is 0 Å². The lowest BCUT2D eigenvalue weighted by atomic mass is 10.0. The van der Waals surface area contributed by atoms with Crippen molar-refractivity contribution in [2.24, 2.45) is 5.92 Å². The van der Waals surface area contributed by atoms with Crippen molar-refractivity contribution < 1.29 is 9.47 Å². The van der Waals surface area contributed by atoms with Crippen molar-refractivity contribution in [3.63, 3.8) is 0 Å². The van der Waals surface area contributed by atoms with E-state index in [9.17, 15) is 0 Å². The van der Waals surface area contributed by atoms with Crippen LogP contribution in [0.2, 0.25) is 0 Å². The van der Waals surface area contributed by atoms with Crippen LogP contribution in [-0.2, 0) is 9.47 Å². The van der Waals surface area contributed by atoms with Crippen LogP contribution in [0.15, 0.2) is 0 Å². The second-order valence-electron chi connectivity index (χ2n) is 5.73. The maximum absolute atomic E-state index is 5.74. The molecule has 3 nitrogen and oxygen atoms in total. The van der Waals surface area contributed by atoms with E-state index in [-0.39, 0.29) is 6.10 Å². The van der Waals surface area contributed by atoms with E-state index in [1.165, 1.54) is 12.8 Å². The number of rotatable bonds is 6. The van der Waals surface area contributed by atoms with Gasteiger partial charge in [0, 0.05) is 12.6 Å². The monoisotopic (exact) mass is 229 g/mol. The lowest BCUT2D eigenvalue weighted by Gasteiger charge is -2.19. The van der Waals surface area contributed by atoms with Crippen LogP contribution < -0.4 is 5.32 Å². The van der Waals surface area contributed by atoms with E-state index in [1.54, 1.807) is 0 Å². The van der Waals surface area contributed by atoms with Crippen LogP contribution in [0.5, 0.6) is 0 Å². The summed E-state index contributed by atoms with van der Waals surface area (Å²) in [4.78, 5) is 0. The highest BCUT2D eigenvalue weighted by Gasteiger charge is 2.32. The Balaban J connectivity index is 2.11. The molecule has 0 aromatic carbocycles. The third-order valence-electron chi connectivity index (χ3n) is 2.94. The minimum atomic E-state index is -0.395. The van der Waals surface area contributed by atoms with Crippen LogP contribution in [0.1, 0.15) is 47.5 Å². The van der Waals surface area contributed by atoms with Gasteiger partial charge in [-0.25, -0.2) is 0 Å². The zero-order valence-corrected chi connectivity index (χ0v) is 11.4. The van der Waals surface area contributed by atoms with Crippen molar-refractivity contribution in [2.45, 2.75) is 65.4 Å². The summed E-state index contributed by atoms with van der Waals surface area (Å²) >= 11 is 0. The van der Waals surface area contributed by atoms with Gasteiger partial charge in [-0.05, 0) is 39.5 Å². The van der Waals surface area contributed by atoms with Crippen LogP contribution in [0, 0.1) is 5.92 Å². The van der Waals surface area contributed by atoms with Gasteiger partial charge in [0.25, 0.3) is 0 Å². The van der Waals surface area contributed by atoms with Crippen LogP contribution in [0.25, 0.3) is 0 Å². The Kier molecular flexibility index (Phi) is 5.22. The van der Waals surface area contributed by atoms with E-state index in [0.717, 1.165) is 12.5 Å². The van der Waals surface area contributed by atoms with Crippen molar-refractivity contribution in [3.8, 4) is 0 Å². The van der Waals surface area contributed by atoms with Gasteiger partial charge in [0.1, 0.15) is 0 Å². The lowest BCUT2D eigenvalue weighted by Crippen LogP contribution is -2.35. The van der Waals surface area contributed by atoms with Crippen LogP contribution in [-0.4, -0.2) is 31.1 Å². The molecule has 0 bridgehead atoms. The van der Waals surface area contributed by atoms with Crippen LogP contribution in [0.3, 0.4) is 0 Å². The molecule has 0 spiro atoms. The molecule has 1 aliphatic rings. The summed E-state index contributed by atoms with van der Waals surface area (Å²) in [5, 5.41) is 3.51. The Bertz CT molecular complexity index is 204. The summed E-state index contributed by atoms with van der Waals surface area (Å²) < 4.78 is 11.3. The maximum Gasteiger partial charge on any atom is 0.163 e. The van der Waals surface area contributed by atoms with Crippen molar-refractivity contribution in [1.82, 2.24) is 5.32 Å². The van der Waals surface area contributed by atoms with Crippen LogP contribution >= 0.6 is 0 Å². The van der Waals surface area contributed by atoms with Gasteiger partial charge in [0.2, 0.25) is 0 Å². The van der Waals surface area contributed by atoms with Crippen molar-refractivity contribution in [1.29, 1.82) is 0 Å². The molecule has 2 atom stereocenters. The molecular weight excluding hydrogens is 202 g/mol. The Labute approximate surface area is 99.9 Å². The summed E-state index contributed by atoms with van der Waals surface area (Å²) in [5.41, 5.74) is 0. The van der Waals surface area contributed by atoms with E-state index < -0.39 is 5.79 Å². The molecule has 0 aromatic rings. The Morgan fingerprint density at radius 3 is 2.44 bits per heavy atom. The molecule has 1 N–H and O–H groups in total. The van der Waals surface area contributed by atoms with Crippen molar-refractivity contribution >= 4 is 0 Å². The maximum atomic E-state index is 5.74. The fourth-order valence-corrected chi connectivity index (χ4v) is 1.88. The van der Waals surface area contributed by atoms with Crippen LogP contribution in [0.4, 0.5) is 0 Å². The molecule has 1 fully saturated rings. The summed E-state index contributed by atoms with van der Waals surface area (Å²) in [6.45, 7) is 12.3. The molecule has 1 rings (SSSR count). The first-order valence-electron chi connectivity index (χ1n) is 6.44. The van der Waals surface area contributed by atoms with Gasteiger partial charge in [0.05, 0.1) is 12.7 Å². The number of ether oxygens (including phenoxy) is 2. The first kappa shape index (κ1) is 13.9. The molecule has 0 aliphatic carbocycles. The molecule has 1 heterocycles. The third-order valence-corrected chi connectivity index (χ3v) is 2.94. The van der Waals surface area contributed by atoms with E-state index >= 15 is 0 Å². The average Bonchev–Trinajstić information content (AvgIpc) is 2.52. The highest BCUT2D eigenvalue weighted by Crippen LogP contribution is 2.21. The van der Waals surface area contributed by atoms with Gasteiger partial charge < -0.3 is 14.8 Å². The third kappa shape index (κ3) is 5.28. The predicted octanol–water partition coefficient (Wildman–Crippen LogP) is 2.55. The Morgan fingerprint density at radius 1 is 1.25 bits per heavy atom. The molecule has 3 heteroatoms. The van der Waals surface area contributed by atoms with Gasteiger partial charge in [-0.3, -0.25) is 0 Å². The molecular formula is C13H27NO2. The predicted molar refractivity (Wildman–Crippen MR) is 66.4 cm³/mol. The summed E-state index contributed by atoms with van der Waals surface area (Å²) in [7, 11) is 0. The molecule has 0 saturated carbocycles. The minimum absolute atomic E-state index is 0.205. The molecule has 0 radical (unpaired) electrons. The molecule has 2 unspecified atom stereocenters. The van der Waals surface area contributed by atoms with Gasteiger partial charge in [0.15, 0.2) is 5.79 Å². The molecule has 1 saturated heterocycles. The highest BCUT2D eigenvalue weighted by atomic mass is 16.7. The normalized spacial score (nSPS) is 26.2. The fourth-order valence-electron chi connectivity index (χ4n) is 1.88. The SMILES string of the molecule is CC(C)CCC(C)NCC1COC(C)(C)O1. The summed E-state index contributed by atoms with van der Waals surface area (Å²) in [6.07, 6.45) is 2.72. The number of hydrogen-bond donors (Lipinski definition) is 1. The highest BCUT2D eigenvalue weighted by molar-refractivity contribution is 4.74. The largest absolute Gasteiger partial charge is 0.348 e. The van der Waals surface area contributed by atoms with Gasteiger partial charge in [-0.2, -0.15) is 0 Å². The average molecular weight is 229 g/mol. The summed E-state index contributed by atoms with van der Waals surface area (Å²) in [6, 6.07) is 0.565. The Morgan fingerprint density at radius 2 is 1.94 bits per heavy atom. The second-order valence-corrected chi connectivity index (χ2v) is 5.73. The molecule has 0 aromatic heterocycles. The fraction of sp³-hybridized carbons (Fsp3) is 1.00. The smallest absolute Gasteiger partial charge is 0.163 e. The zero-order valence-electron chi connectivity index (χ0n) is 11.4. The number of hydrogen-bond acceptors (Lipinski definition) is 3. The number of nitrogens with one attached hydrogen (secondary N) is 1. The van der Waals surface area contributed by atoms with Gasteiger partial charge >= 0.3 is 0 Å². The van der Waals surface area contributed by atoms with Gasteiger partial charge in [-0.1, -0.05) is 13.8 Å². The minimum Gasteiger partial charge on any atom is -0.348 e. The quantitative estimate of drug-likeness (QED) is 0.759. The zero-order chi connectivity index (χ0) is 12.2. The van der Waals surface area contributed by atoms with E-state index in [4.69, 9.17) is 9.47 Å². The molecule has 0 amide bonds. The van der Waals surface area contributed by atoms with E-state index in [2.05, 4.69) is 26.1 Å². The summed E-state index contributed by atoms with van der Waals surface area (Å²) in [5.74, 6) is 0.391. The van der Waals surface area contributed by atoms with E-state index in [0.29, 0.717) is 12.6 Å². The molecule has 96 valence electrons. The first-order valence-corrected chi connectivity index (χ1v) is 6.44. The van der Waals surface area contributed by atoms with E-state index in [1.807, 2.05) is 13.8 Å². The van der Waals surface area contributed by atoms with Gasteiger partial charge in [-0.15, -0.1) is 0 Å². The Hall–Kier alpha value is -0.120. The first-order chi connectivity index (χ1) is 7.39.